The highest BCUT2D eigenvalue weighted by Crippen LogP contribution is 2.44. The third kappa shape index (κ3) is 1.71. The SMILES string of the molecule is O=NC(c1cccc(Br)c1F)C1CC1. The molecular weight excluding hydrogens is 249 g/mol. The largest absolute Gasteiger partial charge is 0.205 e. The van der Waals surface area contributed by atoms with Gasteiger partial charge in [0, 0.05) is 5.56 Å². The molecule has 1 aromatic rings. The fraction of sp³-hybridized carbons (Fsp3) is 0.400. The lowest BCUT2D eigenvalue weighted by Crippen LogP contribution is -2.00. The summed E-state index contributed by atoms with van der Waals surface area (Å²) in [7, 11) is 0. The number of nitroso groups, excluding NO2 is 1. The number of hydrogen-bond donors (Lipinski definition) is 0. The third-order valence-corrected chi connectivity index (χ3v) is 3.09. The minimum Gasteiger partial charge on any atom is -0.205 e. The van der Waals surface area contributed by atoms with Gasteiger partial charge in [-0.3, -0.25) is 0 Å². The third-order valence-electron chi connectivity index (χ3n) is 2.48. The Bertz CT molecular complexity index is 365. The number of hydrogen-bond acceptors (Lipinski definition) is 2. The Balaban J connectivity index is 2.37. The van der Waals surface area contributed by atoms with Gasteiger partial charge in [-0.15, -0.1) is 0 Å². The van der Waals surface area contributed by atoms with Crippen LogP contribution in [0.5, 0.6) is 0 Å². The molecule has 0 saturated heterocycles. The fourth-order valence-corrected chi connectivity index (χ4v) is 1.94. The Labute approximate surface area is 89.6 Å². The molecule has 1 aromatic carbocycles. The molecular formula is C10H9BrFNO. The molecule has 0 aliphatic heterocycles. The van der Waals surface area contributed by atoms with E-state index in [1.165, 1.54) is 0 Å². The van der Waals surface area contributed by atoms with Crippen molar-refractivity contribution in [2.75, 3.05) is 0 Å². The van der Waals surface area contributed by atoms with Crippen molar-refractivity contribution >= 4 is 15.9 Å². The Morgan fingerprint density at radius 3 is 2.79 bits per heavy atom. The maximum atomic E-state index is 13.6. The molecule has 1 aliphatic rings. The topological polar surface area (TPSA) is 29.4 Å². The first kappa shape index (κ1) is 9.77. The summed E-state index contributed by atoms with van der Waals surface area (Å²) >= 11 is 3.09. The van der Waals surface area contributed by atoms with E-state index in [0.29, 0.717) is 10.0 Å². The lowest BCUT2D eigenvalue weighted by atomic mass is 10.0. The molecule has 1 atom stereocenters. The molecule has 1 saturated carbocycles. The zero-order valence-electron chi connectivity index (χ0n) is 7.41. The summed E-state index contributed by atoms with van der Waals surface area (Å²) in [4.78, 5) is 10.6. The van der Waals surface area contributed by atoms with Crippen molar-refractivity contribution in [3.05, 3.63) is 39.0 Å². The van der Waals surface area contributed by atoms with Crippen LogP contribution < -0.4 is 0 Å². The smallest absolute Gasteiger partial charge is 0.142 e. The summed E-state index contributed by atoms with van der Waals surface area (Å²) in [6.07, 6.45) is 1.95. The van der Waals surface area contributed by atoms with E-state index < -0.39 is 6.04 Å². The van der Waals surface area contributed by atoms with E-state index in [9.17, 15) is 9.30 Å². The second-order valence-corrected chi connectivity index (χ2v) is 4.39. The minimum absolute atomic E-state index is 0.247. The molecule has 0 radical (unpaired) electrons. The number of rotatable bonds is 3. The first-order chi connectivity index (χ1) is 6.74. The lowest BCUT2D eigenvalue weighted by molar-refractivity contribution is 0.549. The van der Waals surface area contributed by atoms with Gasteiger partial charge in [0.05, 0.1) is 4.47 Å². The van der Waals surface area contributed by atoms with Gasteiger partial charge in [0.2, 0.25) is 0 Å². The maximum absolute atomic E-state index is 13.6. The van der Waals surface area contributed by atoms with Crippen LogP contribution in [0, 0.1) is 16.6 Å². The number of benzene rings is 1. The van der Waals surface area contributed by atoms with Gasteiger partial charge in [-0.25, -0.2) is 4.39 Å². The highest BCUT2D eigenvalue weighted by atomic mass is 79.9. The highest BCUT2D eigenvalue weighted by Gasteiger charge is 2.35. The number of nitrogens with zero attached hydrogens (tertiary/aromatic N) is 1. The van der Waals surface area contributed by atoms with Crippen LogP contribution in [0.1, 0.15) is 24.4 Å². The molecule has 0 spiro atoms. The van der Waals surface area contributed by atoms with E-state index in [4.69, 9.17) is 0 Å². The van der Waals surface area contributed by atoms with E-state index in [2.05, 4.69) is 21.1 Å². The summed E-state index contributed by atoms with van der Waals surface area (Å²) in [5.74, 6) is -0.111. The molecule has 0 N–H and O–H groups in total. The molecule has 0 bridgehead atoms. The second kappa shape index (κ2) is 3.77. The zero-order valence-corrected chi connectivity index (χ0v) is 9.00. The van der Waals surface area contributed by atoms with Crippen molar-refractivity contribution < 1.29 is 4.39 Å². The van der Waals surface area contributed by atoms with Crippen molar-refractivity contribution in [1.82, 2.24) is 0 Å². The molecule has 1 aliphatic carbocycles. The van der Waals surface area contributed by atoms with Crippen LogP contribution in [-0.2, 0) is 0 Å². The molecule has 14 heavy (non-hydrogen) atoms. The zero-order chi connectivity index (χ0) is 10.1. The Kier molecular flexibility index (Phi) is 2.63. The maximum Gasteiger partial charge on any atom is 0.142 e. The van der Waals surface area contributed by atoms with Crippen LogP contribution >= 0.6 is 15.9 Å². The van der Waals surface area contributed by atoms with Crippen LogP contribution in [0.25, 0.3) is 0 Å². The average Bonchev–Trinajstić information content (AvgIpc) is 2.97. The Hall–Kier alpha value is -0.770. The van der Waals surface area contributed by atoms with Crippen molar-refractivity contribution in [2.24, 2.45) is 11.1 Å². The molecule has 0 heterocycles. The monoisotopic (exact) mass is 257 g/mol. The number of halogens is 2. The van der Waals surface area contributed by atoms with Gasteiger partial charge in [0.15, 0.2) is 0 Å². The predicted molar refractivity (Wildman–Crippen MR) is 55.4 cm³/mol. The van der Waals surface area contributed by atoms with Gasteiger partial charge < -0.3 is 0 Å². The molecule has 0 aromatic heterocycles. The average molecular weight is 258 g/mol. The first-order valence-corrected chi connectivity index (χ1v) is 5.29. The van der Waals surface area contributed by atoms with Crippen molar-refractivity contribution in [3.63, 3.8) is 0 Å². The van der Waals surface area contributed by atoms with Gasteiger partial charge in [0.1, 0.15) is 11.9 Å². The summed E-state index contributed by atoms with van der Waals surface area (Å²) in [6.45, 7) is 0. The molecule has 1 fully saturated rings. The van der Waals surface area contributed by atoms with Gasteiger partial charge in [-0.05, 0) is 40.8 Å². The fourth-order valence-electron chi connectivity index (χ4n) is 1.56. The summed E-state index contributed by atoms with van der Waals surface area (Å²) in [5, 5.41) is 3.01. The van der Waals surface area contributed by atoms with Crippen molar-refractivity contribution in [1.29, 1.82) is 0 Å². The normalized spacial score (nSPS) is 17.9. The summed E-state index contributed by atoms with van der Waals surface area (Å²) in [5.41, 5.74) is 0.414. The first-order valence-electron chi connectivity index (χ1n) is 4.50. The summed E-state index contributed by atoms with van der Waals surface area (Å²) < 4.78 is 14.0. The summed E-state index contributed by atoms with van der Waals surface area (Å²) in [6, 6.07) is 4.47. The lowest BCUT2D eigenvalue weighted by Gasteiger charge is -2.09. The Morgan fingerprint density at radius 1 is 1.50 bits per heavy atom. The molecule has 0 amide bonds. The van der Waals surface area contributed by atoms with Crippen molar-refractivity contribution in [3.8, 4) is 0 Å². The second-order valence-electron chi connectivity index (χ2n) is 3.53. The van der Waals surface area contributed by atoms with Crippen LogP contribution in [0.4, 0.5) is 4.39 Å². The van der Waals surface area contributed by atoms with E-state index >= 15 is 0 Å². The molecule has 1 unspecified atom stereocenters. The van der Waals surface area contributed by atoms with Crippen LogP contribution in [0.3, 0.4) is 0 Å². The highest BCUT2D eigenvalue weighted by molar-refractivity contribution is 9.10. The van der Waals surface area contributed by atoms with Gasteiger partial charge in [0.25, 0.3) is 0 Å². The van der Waals surface area contributed by atoms with Crippen LogP contribution in [0.15, 0.2) is 27.8 Å². The Morgan fingerprint density at radius 2 is 2.21 bits per heavy atom. The predicted octanol–water partition coefficient (Wildman–Crippen LogP) is 3.81. The van der Waals surface area contributed by atoms with Crippen LogP contribution in [0.2, 0.25) is 0 Å². The standard InChI is InChI=1S/C10H9BrFNO/c11-8-3-1-2-7(9(8)12)10(13-14)6-4-5-6/h1-3,6,10H,4-5H2. The van der Waals surface area contributed by atoms with Gasteiger partial charge in [-0.1, -0.05) is 17.3 Å². The molecule has 2 nitrogen and oxygen atoms in total. The molecule has 2 rings (SSSR count). The van der Waals surface area contributed by atoms with E-state index in [1.807, 2.05) is 0 Å². The van der Waals surface area contributed by atoms with Crippen molar-refractivity contribution in [2.45, 2.75) is 18.9 Å². The quantitative estimate of drug-likeness (QED) is 0.758. The molecule has 4 heteroatoms. The van der Waals surface area contributed by atoms with E-state index in [0.717, 1.165) is 12.8 Å². The van der Waals surface area contributed by atoms with E-state index in [1.54, 1.807) is 18.2 Å². The van der Waals surface area contributed by atoms with E-state index in [-0.39, 0.29) is 11.7 Å². The molecule has 74 valence electrons. The minimum atomic E-state index is -0.507. The van der Waals surface area contributed by atoms with Crippen LogP contribution in [-0.4, -0.2) is 0 Å². The van der Waals surface area contributed by atoms with Gasteiger partial charge >= 0.3 is 0 Å². The van der Waals surface area contributed by atoms with Gasteiger partial charge in [-0.2, -0.15) is 4.91 Å².